The Kier molecular flexibility index (Phi) is 3.62. The average molecular weight is 275 g/mol. The van der Waals surface area contributed by atoms with E-state index in [2.05, 4.69) is 20.6 Å². The Labute approximate surface area is 117 Å². The molecule has 0 atom stereocenters. The maximum Gasteiger partial charge on any atom is 0.227 e. The second-order valence-electron chi connectivity index (χ2n) is 4.52. The van der Waals surface area contributed by atoms with Crippen LogP contribution in [0.4, 0.5) is 11.6 Å². The third-order valence-corrected chi connectivity index (χ3v) is 3.51. The fraction of sp³-hybridized carbons (Fsp3) is 0.286. The first-order valence-corrected chi connectivity index (χ1v) is 6.78. The zero-order valence-electron chi connectivity index (χ0n) is 10.5. The highest BCUT2D eigenvalue weighted by Crippen LogP contribution is 2.23. The first kappa shape index (κ1) is 12.4. The summed E-state index contributed by atoms with van der Waals surface area (Å²) in [5.41, 5.74) is 3.18. The molecule has 4 nitrogen and oxygen atoms in total. The third-order valence-electron chi connectivity index (χ3n) is 3.18. The number of nitrogens with one attached hydrogen (secondary N) is 2. The van der Waals surface area contributed by atoms with Gasteiger partial charge in [0.1, 0.15) is 0 Å². The van der Waals surface area contributed by atoms with Gasteiger partial charge >= 0.3 is 0 Å². The largest absolute Gasteiger partial charge is 0.323 e. The van der Waals surface area contributed by atoms with Crippen molar-refractivity contribution in [1.29, 1.82) is 0 Å². The van der Waals surface area contributed by atoms with Gasteiger partial charge in [-0.05, 0) is 30.7 Å². The van der Waals surface area contributed by atoms with Crippen molar-refractivity contribution < 1.29 is 0 Å². The van der Waals surface area contributed by atoms with Crippen molar-refractivity contribution in [2.75, 3.05) is 18.4 Å². The normalized spacial score (nSPS) is 14.6. The van der Waals surface area contributed by atoms with Crippen molar-refractivity contribution >= 4 is 23.2 Å². The van der Waals surface area contributed by atoms with Crippen LogP contribution in [0.1, 0.15) is 11.3 Å². The van der Waals surface area contributed by atoms with Crippen molar-refractivity contribution in [1.82, 2.24) is 15.3 Å². The molecule has 0 spiro atoms. The number of fused-ring (bicyclic) bond motifs is 1. The van der Waals surface area contributed by atoms with E-state index in [9.17, 15) is 0 Å². The number of hydrogen-bond acceptors (Lipinski definition) is 4. The van der Waals surface area contributed by atoms with Gasteiger partial charge in [-0.25, -0.2) is 9.97 Å². The van der Waals surface area contributed by atoms with Gasteiger partial charge in [0.25, 0.3) is 0 Å². The number of para-hydroxylation sites is 1. The Hall–Kier alpha value is -1.65. The lowest BCUT2D eigenvalue weighted by molar-refractivity contribution is 0.708. The van der Waals surface area contributed by atoms with E-state index in [-0.39, 0.29) is 0 Å². The lowest BCUT2D eigenvalue weighted by Crippen LogP contribution is -2.16. The molecule has 0 radical (unpaired) electrons. The zero-order valence-corrected chi connectivity index (χ0v) is 11.2. The maximum absolute atomic E-state index is 6.12. The van der Waals surface area contributed by atoms with Crippen LogP contribution in [0, 0.1) is 0 Å². The Morgan fingerprint density at radius 3 is 2.89 bits per heavy atom. The minimum absolute atomic E-state index is 0.605. The molecule has 0 amide bonds. The summed E-state index contributed by atoms with van der Waals surface area (Å²) in [6.45, 7) is 1.96. The standard InChI is InChI=1S/C14H15ClN4/c15-11-3-1-2-4-13(11)19-14-17-9-10-5-7-16-8-6-12(10)18-14/h1-4,9,16H,5-8H2,(H,17,18,19). The molecular weight excluding hydrogens is 260 g/mol. The van der Waals surface area contributed by atoms with E-state index in [1.807, 2.05) is 30.5 Å². The topological polar surface area (TPSA) is 49.8 Å². The van der Waals surface area contributed by atoms with E-state index in [1.165, 1.54) is 5.56 Å². The summed E-state index contributed by atoms with van der Waals surface area (Å²) in [6, 6.07) is 7.59. The van der Waals surface area contributed by atoms with Crippen LogP contribution in [0.5, 0.6) is 0 Å². The average Bonchev–Trinajstić information content (AvgIpc) is 2.66. The molecule has 19 heavy (non-hydrogen) atoms. The van der Waals surface area contributed by atoms with Gasteiger partial charge in [0.15, 0.2) is 0 Å². The lowest BCUT2D eigenvalue weighted by atomic mass is 10.1. The SMILES string of the molecule is Clc1ccccc1Nc1ncc2c(n1)CCNCC2. The molecule has 1 aromatic carbocycles. The fourth-order valence-corrected chi connectivity index (χ4v) is 2.35. The summed E-state index contributed by atoms with van der Waals surface area (Å²) in [7, 11) is 0. The van der Waals surface area contributed by atoms with E-state index in [0.29, 0.717) is 11.0 Å². The summed E-state index contributed by atoms with van der Waals surface area (Å²) >= 11 is 6.12. The number of rotatable bonds is 2. The van der Waals surface area contributed by atoms with Gasteiger partial charge in [-0.15, -0.1) is 0 Å². The molecule has 2 heterocycles. The molecule has 5 heteroatoms. The smallest absolute Gasteiger partial charge is 0.227 e. The van der Waals surface area contributed by atoms with E-state index >= 15 is 0 Å². The van der Waals surface area contributed by atoms with Crippen LogP contribution in [-0.2, 0) is 12.8 Å². The second kappa shape index (κ2) is 5.55. The molecule has 1 aromatic heterocycles. The molecule has 2 aromatic rings. The van der Waals surface area contributed by atoms with Gasteiger partial charge in [-0.3, -0.25) is 0 Å². The van der Waals surface area contributed by atoms with Gasteiger partial charge in [0, 0.05) is 19.2 Å². The molecule has 0 saturated carbocycles. The molecule has 1 aliphatic heterocycles. The van der Waals surface area contributed by atoms with Crippen LogP contribution in [0.3, 0.4) is 0 Å². The maximum atomic E-state index is 6.12. The summed E-state index contributed by atoms with van der Waals surface area (Å²) in [5.74, 6) is 0.605. The predicted molar refractivity (Wildman–Crippen MR) is 77.0 cm³/mol. The Bertz CT molecular complexity index is 585. The van der Waals surface area contributed by atoms with Gasteiger partial charge in [0.2, 0.25) is 5.95 Å². The van der Waals surface area contributed by atoms with Gasteiger partial charge in [-0.1, -0.05) is 23.7 Å². The van der Waals surface area contributed by atoms with Crippen LogP contribution >= 0.6 is 11.6 Å². The molecule has 0 fully saturated rings. The molecule has 0 unspecified atom stereocenters. The highest BCUT2D eigenvalue weighted by Gasteiger charge is 2.11. The third kappa shape index (κ3) is 2.85. The lowest BCUT2D eigenvalue weighted by Gasteiger charge is -2.09. The zero-order chi connectivity index (χ0) is 13.1. The van der Waals surface area contributed by atoms with Crippen LogP contribution in [0.15, 0.2) is 30.5 Å². The fourth-order valence-electron chi connectivity index (χ4n) is 2.17. The number of aromatic nitrogens is 2. The molecule has 3 rings (SSSR count). The van der Waals surface area contributed by atoms with Gasteiger partial charge < -0.3 is 10.6 Å². The molecule has 1 aliphatic rings. The second-order valence-corrected chi connectivity index (χ2v) is 4.93. The minimum Gasteiger partial charge on any atom is -0.323 e. The van der Waals surface area contributed by atoms with E-state index in [0.717, 1.165) is 37.3 Å². The van der Waals surface area contributed by atoms with E-state index in [4.69, 9.17) is 11.6 Å². The number of hydrogen-bond donors (Lipinski definition) is 2. The molecule has 0 bridgehead atoms. The van der Waals surface area contributed by atoms with Crippen molar-refractivity contribution in [2.24, 2.45) is 0 Å². The van der Waals surface area contributed by atoms with Gasteiger partial charge in [0.05, 0.1) is 16.4 Å². The Morgan fingerprint density at radius 1 is 1.16 bits per heavy atom. The predicted octanol–water partition coefficient (Wildman–Crippen LogP) is 2.56. The summed E-state index contributed by atoms with van der Waals surface area (Å²) in [5, 5.41) is 7.20. The number of anilines is 2. The van der Waals surface area contributed by atoms with Crippen LogP contribution in [0.25, 0.3) is 0 Å². The van der Waals surface area contributed by atoms with Crippen LogP contribution in [-0.4, -0.2) is 23.1 Å². The summed E-state index contributed by atoms with van der Waals surface area (Å²) in [6.07, 6.45) is 3.84. The highest BCUT2D eigenvalue weighted by atomic mass is 35.5. The minimum atomic E-state index is 0.605. The Morgan fingerprint density at radius 2 is 2.00 bits per heavy atom. The Balaban J connectivity index is 1.86. The number of nitrogens with zero attached hydrogens (tertiary/aromatic N) is 2. The quantitative estimate of drug-likeness (QED) is 0.884. The first-order valence-electron chi connectivity index (χ1n) is 6.40. The molecule has 2 N–H and O–H groups in total. The summed E-state index contributed by atoms with van der Waals surface area (Å²) < 4.78 is 0. The number of halogens is 1. The molecule has 0 aliphatic carbocycles. The first-order chi connectivity index (χ1) is 9.33. The molecular formula is C14H15ClN4. The summed E-state index contributed by atoms with van der Waals surface area (Å²) in [4.78, 5) is 8.95. The number of benzene rings is 1. The van der Waals surface area contributed by atoms with Crippen molar-refractivity contribution in [2.45, 2.75) is 12.8 Å². The van der Waals surface area contributed by atoms with Crippen LogP contribution in [0.2, 0.25) is 5.02 Å². The molecule has 98 valence electrons. The van der Waals surface area contributed by atoms with Crippen molar-refractivity contribution in [3.8, 4) is 0 Å². The molecule has 0 saturated heterocycles. The monoisotopic (exact) mass is 274 g/mol. The van der Waals surface area contributed by atoms with Gasteiger partial charge in [-0.2, -0.15) is 0 Å². The van der Waals surface area contributed by atoms with Crippen molar-refractivity contribution in [3.05, 3.63) is 46.7 Å². The highest BCUT2D eigenvalue weighted by molar-refractivity contribution is 6.33. The van der Waals surface area contributed by atoms with E-state index in [1.54, 1.807) is 0 Å². The van der Waals surface area contributed by atoms with Crippen LogP contribution < -0.4 is 10.6 Å². The van der Waals surface area contributed by atoms with E-state index < -0.39 is 0 Å². The van der Waals surface area contributed by atoms with Crippen molar-refractivity contribution in [3.63, 3.8) is 0 Å².